The highest BCUT2D eigenvalue weighted by molar-refractivity contribution is 5.89. The molecule has 0 bridgehead atoms. The molecule has 0 aliphatic carbocycles. The molecular formula is C39H41NO3. The molecule has 0 amide bonds. The third-order valence-electron chi connectivity index (χ3n) is 7.99. The molecule has 4 aromatic rings. The molecule has 0 saturated carbocycles. The van der Waals surface area contributed by atoms with E-state index in [4.69, 9.17) is 14.7 Å². The molecule has 220 valence electrons. The van der Waals surface area contributed by atoms with Gasteiger partial charge in [0.05, 0.1) is 30.9 Å². The first-order valence-corrected chi connectivity index (χ1v) is 15.2. The first-order chi connectivity index (χ1) is 21.1. The van der Waals surface area contributed by atoms with E-state index in [0.717, 1.165) is 49.0 Å². The highest BCUT2D eigenvalue weighted by atomic mass is 16.5. The molecule has 4 aromatic carbocycles. The number of carbonyl (C=O) groups is 1. The van der Waals surface area contributed by atoms with Crippen molar-refractivity contribution >= 4 is 5.97 Å². The van der Waals surface area contributed by atoms with Gasteiger partial charge in [-0.25, -0.2) is 4.79 Å². The van der Waals surface area contributed by atoms with Gasteiger partial charge in [-0.15, -0.1) is 6.58 Å². The Kier molecular flexibility index (Phi) is 12.2. The molecule has 0 saturated heterocycles. The molecule has 0 radical (unpaired) electrons. The highest BCUT2D eigenvalue weighted by Crippen LogP contribution is 2.40. The van der Waals surface area contributed by atoms with Gasteiger partial charge < -0.3 is 9.47 Å². The molecule has 4 nitrogen and oxygen atoms in total. The molecule has 4 heteroatoms. The zero-order chi connectivity index (χ0) is 30.3. The molecule has 0 aliphatic rings. The van der Waals surface area contributed by atoms with Crippen LogP contribution in [-0.4, -0.2) is 19.7 Å². The van der Waals surface area contributed by atoms with E-state index >= 15 is 0 Å². The Hall–Kier alpha value is -4.62. The van der Waals surface area contributed by atoms with E-state index in [1.165, 1.54) is 31.1 Å². The minimum Gasteiger partial charge on any atom is -0.493 e. The molecule has 2 atom stereocenters. The lowest BCUT2D eigenvalue weighted by molar-refractivity contribution is 0.0600. The van der Waals surface area contributed by atoms with Crippen LogP contribution in [0.25, 0.3) is 0 Å². The standard InChI is InChI=1S/C39H41NO3/c1-3-33(23-22-31-18-20-32(29-40)21-19-31)38(34-24-26-35(27-25-34)39(41)42-2)36-16-10-11-17-37(36)43-28-12-5-4-7-13-30-14-8-6-9-15-30/h3,6,8-11,14-21,24-27,33,38H,1,4-5,7,12-13,22-23,28H2,2H3. The van der Waals surface area contributed by atoms with Crippen LogP contribution in [0.3, 0.4) is 0 Å². The Morgan fingerprint density at radius 3 is 2.19 bits per heavy atom. The number of nitriles is 1. The van der Waals surface area contributed by atoms with Gasteiger partial charge >= 0.3 is 5.97 Å². The summed E-state index contributed by atoms with van der Waals surface area (Å²) >= 11 is 0. The minimum absolute atomic E-state index is 0.00958. The lowest BCUT2D eigenvalue weighted by Crippen LogP contribution is -2.16. The Labute approximate surface area is 256 Å². The predicted octanol–water partition coefficient (Wildman–Crippen LogP) is 9.09. The van der Waals surface area contributed by atoms with E-state index in [2.05, 4.69) is 61.2 Å². The first-order valence-electron chi connectivity index (χ1n) is 15.2. The normalized spacial score (nSPS) is 12.1. The van der Waals surface area contributed by atoms with Crippen molar-refractivity contribution in [1.82, 2.24) is 0 Å². The Morgan fingerprint density at radius 1 is 0.814 bits per heavy atom. The summed E-state index contributed by atoms with van der Waals surface area (Å²) in [5.41, 5.74) is 5.97. The summed E-state index contributed by atoms with van der Waals surface area (Å²) in [4.78, 5) is 12.1. The van der Waals surface area contributed by atoms with Crippen LogP contribution in [0.5, 0.6) is 5.75 Å². The Morgan fingerprint density at radius 2 is 1.49 bits per heavy atom. The summed E-state index contributed by atoms with van der Waals surface area (Å²) in [7, 11) is 1.40. The maximum absolute atomic E-state index is 12.1. The van der Waals surface area contributed by atoms with E-state index in [1.54, 1.807) is 0 Å². The smallest absolute Gasteiger partial charge is 0.337 e. The molecule has 0 fully saturated rings. The number of methoxy groups -OCH3 is 1. The molecule has 0 N–H and O–H groups in total. The second kappa shape index (κ2) is 16.7. The Balaban J connectivity index is 1.47. The molecule has 4 rings (SSSR count). The third kappa shape index (κ3) is 9.18. The quantitative estimate of drug-likeness (QED) is 0.0764. The van der Waals surface area contributed by atoms with Gasteiger partial charge in [0.25, 0.3) is 0 Å². The minimum atomic E-state index is -0.350. The number of para-hydroxylation sites is 1. The van der Waals surface area contributed by atoms with Crippen molar-refractivity contribution in [3.8, 4) is 11.8 Å². The topological polar surface area (TPSA) is 59.3 Å². The number of ether oxygens (including phenoxy) is 2. The van der Waals surface area contributed by atoms with Crippen LogP contribution >= 0.6 is 0 Å². The van der Waals surface area contributed by atoms with Gasteiger partial charge in [-0.2, -0.15) is 5.26 Å². The highest BCUT2D eigenvalue weighted by Gasteiger charge is 2.26. The second-order valence-corrected chi connectivity index (χ2v) is 10.9. The zero-order valence-electron chi connectivity index (χ0n) is 25.1. The molecular weight excluding hydrogens is 530 g/mol. The number of allylic oxidation sites excluding steroid dienone is 1. The number of rotatable bonds is 16. The van der Waals surface area contributed by atoms with Crippen molar-refractivity contribution in [1.29, 1.82) is 5.26 Å². The van der Waals surface area contributed by atoms with Crippen LogP contribution in [0.15, 0.2) is 116 Å². The van der Waals surface area contributed by atoms with Gasteiger partial charge in [0.2, 0.25) is 0 Å². The van der Waals surface area contributed by atoms with Crippen molar-refractivity contribution in [3.05, 3.63) is 149 Å². The fourth-order valence-corrected chi connectivity index (χ4v) is 5.58. The van der Waals surface area contributed by atoms with Gasteiger partial charge in [0.1, 0.15) is 5.75 Å². The molecule has 0 aliphatic heterocycles. The van der Waals surface area contributed by atoms with E-state index in [0.29, 0.717) is 17.7 Å². The largest absolute Gasteiger partial charge is 0.493 e. The number of benzene rings is 4. The van der Waals surface area contributed by atoms with Gasteiger partial charge in [-0.05, 0) is 85.0 Å². The average molecular weight is 572 g/mol. The number of hydrogen-bond acceptors (Lipinski definition) is 4. The summed E-state index contributed by atoms with van der Waals surface area (Å²) < 4.78 is 11.3. The fraction of sp³-hybridized carbons (Fsp3) is 0.282. The van der Waals surface area contributed by atoms with Crippen LogP contribution < -0.4 is 4.74 Å². The molecule has 0 heterocycles. The van der Waals surface area contributed by atoms with Crippen molar-refractivity contribution in [2.24, 2.45) is 5.92 Å². The summed E-state index contributed by atoms with van der Waals surface area (Å²) in [6.45, 7) is 4.90. The molecule has 0 spiro atoms. The van der Waals surface area contributed by atoms with Gasteiger partial charge in [0, 0.05) is 11.5 Å². The number of aryl methyl sites for hydroxylation is 2. The maximum Gasteiger partial charge on any atom is 0.337 e. The number of unbranched alkanes of at least 4 members (excludes halogenated alkanes) is 3. The summed E-state index contributed by atoms with van der Waals surface area (Å²) in [6, 6.07) is 36.6. The van der Waals surface area contributed by atoms with E-state index in [9.17, 15) is 4.79 Å². The molecule has 0 aromatic heterocycles. The number of esters is 1. The van der Waals surface area contributed by atoms with Crippen molar-refractivity contribution in [3.63, 3.8) is 0 Å². The van der Waals surface area contributed by atoms with Crippen LogP contribution in [0, 0.1) is 17.2 Å². The number of nitrogens with zero attached hydrogens (tertiary/aromatic N) is 1. The van der Waals surface area contributed by atoms with Crippen LogP contribution in [0.1, 0.15) is 76.2 Å². The second-order valence-electron chi connectivity index (χ2n) is 10.9. The molecule has 43 heavy (non-hydrogen) atoms. The molecule has 2 unspecified atom stereocenters. The lowest BCUT2D eigenvalue weighted by atomic mass is 9.77. The zero-order valence-corrected chi connectivity index (χ0v) is 25.1. The van der Waals surface area contributed by atoms with E-state index < -0.39 is 0 Å². The van der Waals surface area contributed by atoms with Gasteiger partial charge in [-0.3, -0.25) is 0 Å². The van der Waals surface area contributed by atoms with Crippen LogP contribution in [0.4, 0.5) is 0 Å². The maximum atomic E-state index is 12.1. The summed E-state index contributed by atoms with van der Waals surface area (Å²) in [6.07, 6.45) is 9.38. The van der Waals surface area contributed by atoms with E-state index in [-0.39, 0.29) is 17.8 Å². The number of hydrogen-bond donors (Lipinski definition) is 0. The fourth-order valence-electron chi connectivity index (χ4n) is 5.58. The van der Waals surface area contributed by atoms with Crippen molar-refractivity contribution in [2.75, 3.05) is 13.7 Å². The Bertz CT molecular complexity index is 1470. The van der Waals surface area contributed by atoms with Gasteiger partial charge in [0.15, 0.2) is 0 Å². The van der Waals surface area contributed by atoms with Crippen molar-refractivity contribution < 1.29 is 14.3 Å². The monoisotopic (exact) mass is 571 g/mol. The average Bonchev–Trinajstić information content (AvgIpc) is 3.07. The lowest BCUT2D eigenvalue weighted by Gasteiger charge is -2.28. The van der Waals surface area contributed by atoms with Crippen LogP contribution in [-0.2, 0) is 17.6 Å². The first kappa shape index (κ1) is 31.3. The number of carbonyl (C=O) groups excluding carboxylic acids is 1. The summed E-state index contributed by atoms with van der Waals surface area (Å²) in [5, 5.41) is 9.16. The van der Waals surface area contributed by atoms with Crippen molar-refractivity contribution in [2.45, 2.75) is 50.9 Å². The van der Waals surface area contributed by atoms with E-state index in [1.807, 2.05) is 60.7 Å². The third-order valence-corrected chi connectivity index (χ3v) is 7.99. The predicted molar refractivity (Wildman–Crippen MR) is 173 cm³/mol. The van der Waals surface area contributed by atoms with Crippen LogP contribution in [0.2, 0.25) is 0 Å². The summed E-state index contributed by atoms with van der Waals surface area (Å²) in [5.74, 6) is 0.641. The SMILES string of the molecule is C=CC(CCc1ccc(C#N)cc1)C(c1ccc(C(=O)OC)cc1)c1ccccc1OCCCCCCc1ccccc1. The van der Waals surface area contributed by atoms with Gasteiger partial charge in [-0.1, -0.05) is 91.7 Å².